The first-order valence-electron chi connectivity index (χ1n) is 10.4. The fourth-order valence-corrected chi connectivity index (χ4v) is 4.43. The van der Waals surface area contributed by atoms with Gasteiger partial charge in [-0.2, -0.15) is 0 Å². The summed E-state index contributed by atoms with van der Waals surface area (Å²) in [5.41, 5.74) is 6.21. The highest BCUT2D eigenvalue weighted by Crippen LogP contribution is 2.26. The molecule has 0 aliphatic rings. The number of amides is 1. The lowest BCUT2D eigenvalue weighted by molar-refractivity contribution is -0.113. The molecule has 2 heterocycles. The van der Waals surface area contributed by atoms with E-state index in [4.69, 9.17) is 0 Å². The third-order valence-corrected chi connectivity index (χ3v) is 6.06. The summed E-state index contributed by atoms with van der Waals surface area (Å²) in [4.78, 5) is 16.9. The maximum absolute atomic E-state index is 12.7. The lowest BCUT2D eigenvalue weighted by atomic mass is 10.1. The number of aromatic nitrogens is 4. The fraction of sp³-hybridized carbons (Fsp3) is 0.200. The Labute approximate surface area is 192 Å². The maximum Gasteiger partial charge on any atom is 0.234 e. The monoisotopic (exact) mass is 443 g/mol. The second-order valence-electron chi connectivity index (χ2n) is 7.73. The SMILES string of the molecule is Cc1cc(C)c(NC(=O)CSc2nnc(-c3cccnc3)n2Cc2ccccc2)c(C)c1. The van der Waals surface area contributed by atoms with Crippen molar-refractivity contribution in [3.63, 3.8) is 0 Å². The Kier molecular flexibility index (Phi) is 6.66. The molecule has 0 aliphatic heterocycles. The largest absolute Gasteiger partial charge is 0.325 e. The number of carbonyl (C=O) groups is 1. The summed E-state index contributed by atoms with van der Waals surface area (Å²) in [6.07, 6.45) is 3.51. The van der Waals surface area contributed by atoms with Gasteiger partial charge in [-0.15, -0.1) is 10.2 Å². The van der Waals surface area contributed by atoms with Crippen molar-refractivity contribution in [3.05, 3.63) is 89.2 Å². The van der Waals surface area contributed by atoms with Crippen molar-refractivity contribution in [2.75, 3.05) is 11.1 Å². The lowest BCUT2D eigenvalue weighted by Crippen LogP contribution is -2.16. The van der Waals surface area contributed by atoms with Crippen LogP contribution in [0.1, 0.15) is 22.3 Å². The van der Waals surface area contributed by atoms with E-state index >= 15 is 0 Å². The van der Waals surface area contributed by atoms with Gasteiger partial charge in [-0.3, -0.25) is 14.3 Å². The van der Waals surface area contributed by atoms with Crippen LogP contribution < -0.4 is 5.32 Å². The molecule has 0 atom stereocenters. The molecule has 0 spiro atoms. The molecule has 6 nitrogen and oxygen atoms in total. The zero-order valence-electron chi connectivity index (χ0n) is 18.4. The predicted molar refractivity (Wildman–Crippen MR) is 129 cm³/mol. The molecule has 2 aromatic heterocycles. The number of benzene rings is 2. The molecule has 0 bridgehead atoms. The van der Waals surface area contributed by atoms with E-state index in [0.717, 1.165) is 33.8 Å². The van der Waals surface area contributed by atoms with Gasteiger partial charge in [-0.25, -0.2) is 0 Å². The number of pyridine rings is 1. The maximum atomic E-state index is 12.7. The summed E-state index contributed by atoms with van der Waals surface area (Å²) in [7, 11) is 0. The average Bonchev–Trinajstić information content (AvgIpc) is 3.18. The third kappa shape index (κ3) is 5.06. The van der Waals surface area contributed by atoms with Crippen LogP contribution >= 0.6 is 11.8 Å². The van der Waals surface area contributed by atoms with E-state index < -0.39 is 0 Å². The smallest absolute Gasteiger partial charge is 0.234 e. The van der Waals surface area contributed by atoms with Crippen molar-refractivity contribution in [3.8, 4) is 11.4 Å². The van der Waals surface area contributed by atoms with E-state index in [1.807, 2.05) is 48.7 Å². The van der Waals surface area contributed by atoms with Gasteiger partial charge in [-0.05, 0) is 49.6 Å². The minimum Gasteiger partial charge on any atom is -0.325 e. The average molecular weight is 444 g/mol. The van der Waals surface area contributed by atoms with Crippen LogP contribution in [-0.2, 0) is 11.3 Å². The molecule has 7 heteroatoms. The molecule has 0 fully saturated rings. The van der Waals surface area contributed by atoms with Gasteiger partial charge in [0.2, 0.25) is 5.91 Å². The molecule has 4 rings (SSSR count). The van der Waals surface area contributed by atoms with Crippen molar-refractivity contribution in [1.82, 2.24) is 19.7 Å². The van der Waals surface area contributed by atoms with Crippen molar-refractivity contribution in [2.45, 2.75) is 32.5 Å². The van der Waals surface area contributed by atoms with Crippen LogP contribution in [0.25, 0.3) is 11.4 Å². The lowest BCUT2D eigenvalue weighted by Gasteiger charge is -2.13. The Bertz CT molecular complexity index is 1200. The first-order valence-corrected chi connectivity index (χ1v) is 11.4. The molecule has 0 unspecified atom stereocenters. The number of nitrogens with one attached hydrogen (secondary N) is 1. The van der Waals surface area contributed by atoms with Gasteiger partial charge in [0, 0.05) is 23.6 Å². The minimum atomic E-state index is -0.0674. The highest BCUT2D eigenvalue weighted by molar-refractivity contribution is 7.99. The Morgan fingerprint density at radius 1 is 1.00 bits per heavy atom. The van der Waals surface area contributed by atoms with Gasteiger partial charge in [-0.1, -0.05) is 59.8 Å². The first kappa shape index (κ1) is 21.8. The van der Waals surface area contributed by atoms with Crippen molar-refractivity contribution in [1.29, 1.82) is 0 Å². The van der Waals surface area contributed by atoms with Gasteiger partial charge in [0.25, 0.3) is 0 Å². The summed E-state index contributed by atoms with van der Waals surface area (Å²) < 4.78 is 2.03. The van der Waals surface area contributed by atoms with E-state index in [0.29, 0.717) is 11.7 Å². The number of hydrogen-bond acceptors (Lipinski definition) is 5. The van der Waals surface area contributed by atoms with E-state index in [1.54, 1.807) is 12.4 Å². The summed E-state index contributed by atoms with van der Waals surface area (Å²) in [5, 5.41) is 12.5. The Morgan fingerprint density at radius 2 is 1.75 bits per heavy atom. The molecule has 1 N–H and O–H groups in total. The topological polar surface area (TPSA) is 72.7 Å². The highest BCUT2D eigenvalue weighted by Gasteiger charge is 2.17. The standard InChI is InChI=1S/C25H25N5OS/c1-17-12-18(2)23(19(3)13-17)27-22(31)16-32-25-29-28-24(21-10-7-11-26-14-21)30(25)15-20-8-5-4-6-9-20/h4-14H,15-16H2,1-3H3,(H,27,31). The minimum absolute atomic E-state index is 0.0674. The molecule has 1 amide bonds. The molecule has 0 radical (unpaired) electrons. The number of rotatable bonds is 7. The number of thioether (sulfide) groups is 1. The van der Waals surface area contributed by atoms with Crippen LogP contribution in [0.3, 0.4) is 0 Å². The van der Waals surface area contributed by atoms with E-state index in [9.17, 15) is 4.79 Å². The number of carbonyl (C=O) groups excluding carboxylic acids is 1. The molecular weight excluding hydrogens is 418 g/mol. The Balaban J connectivity index is 1.54. The second-order valence-corrected chi connectivity index (χ2v) is 8.67. The molecule has 162 valence electrons. The molecular formula is C25H25N5OS. The molecule has 2 aromatic carbocycles. The summed E-state index contributed by atoms with van der Waals surface area (Å²) in [5.74, 6) is 0.907. The third-order valence-electron chi connectivity index (χ3n) is 5.09. The van der Waals surface area contributed by atoms with Crippen LogP contribution in [0.2, 0.25) is 0 Å². The summed E-state index contributed by atoms with van der Waals surface area (Å²) >= 11 is 1.38. The van der Waals surface area contributed by atoms with Gasteiger partial charge in [0.05, 0.1) is 12.3 Å². The summed E-state index contributed by atoms with van der Waals surface area (Å²) in [6, 6.07) is 18.1. The van der Waals surface area contributed by atoms with Crippen LogP contribution in [0.5, 0.6) is 0 Å². The van der Waals surface area contributed by atoms with Gasteiger partial charge < -0.3 is 5.32 Å². The quantitative estimate of drug-likeness (QED) is 0.405. The Morgan fingerprint density at radius 3 is 2.44 bits per heavy atom. The fourth-order valence-electron chi connectivity index (χ4n) is 3.70. The first-order chi connectivity index (χ1) is 15.5. The molecule has 0 aliphatic carbocycles. The number of aryl methyl sites for hydroxylation is 3. The molecule has 0 saturated carbocycles. The van der Waals surface area contributed by atoms with Crippen molar-refractivity contribution in [2.24, 2.45) is 0 Å². The summed E-state index contributed by atoms with van der Waals surface area (Å²) in [6.45, 7) is 6.69. The normalized spacial score (nSPS) is 10.8. The van der Waals surface area contributed by atoms with E-state index in [1.165, 1.54) is 17.3 Å². The Hall–Kier alpha value is -3.45. The van der Waals surface area contributed by atoms with Crippen LogP contribution in [0.4, 0.5) is 5.69 Å². The second kappa shape index (κ2) is 9.78. The molecule has 4 aromatic rings. The van der Waals surface area contributed by atoms with Crippen molar-refractivity contribution >= 4 is 23.4 Å². The van der Waals surface area contributed by atoms with E-state index in [-0.39, 0.29) is 11.7 Å². The van der Waals surface area contributed by atoms with Gasteiger partial charge in [0.15, 0.2) is 11.0 Å². The molecule has 0 saturated heterocycles. The number of hydrogen-bond donors (Lipinski definition) is 1. The predicted octanol–water partition coefficient (Wildman–Crippen LogP) is 5.04. The number of nitrogens with zero attached hydrogens (tertiary/aromatic N) is 4. The van der Waals surface area contributed by atoms with E-state index in [2.05, 4.69) is 51.7 Å². The zero-order valence-corrected chi connectivity index (χ0v) is 19.2. The van der Waals surface area contributed by atoms with Gasteiger partial charge in [0.1, 0.15) is 0 Å². The van der Waals surface area contributed by atoms with Crippen LogP contribution in [0.15, 0.2) is 72.1 Å². The van der Waals surface area contributed by atoms with Crippen molar-refractivity contribution < 1.29 is 4.79 Å². The molecule has 32 heavy (non-hydrogen) atoms. The van der Waals surface area contributed by atoms with Gasteiger partial charge >= 0.3 is 0 Å². The zero-order chi connectivity index (χ0) is 22.5. The highest BCUT2D eigenvalue weighted by atomic mass is 32.2. The van der Waals surface area contributed by atoms with Crippen LogP contribution in [0, 0.1) is 20.8 Å². The number of anilines is 1. The van der Waals surface area contributed by atoms with Crippen LogP contribution in [-0.4, -0.2) is 31.4 Å².